The van der Waals surface area contributed by atoms with Crippen LogP contribution in [0.15, 0.2) is 47.6 Å². The molecule has 2 aromatic carbocycles. The first kappa shape index (κ1) is 17.7. The zero-order chi connectivity index (χ0) is 17.9. The summed E-state index contributed by atoms with van der Waals surface area (Å²) >= 11 is 6.01. The molecule has 9 heteroatoms. The second kappa shape index (κ2) is 6.88. The predicted octanol–water partition coefficient (Wildman–Crippen LogP) is 5.10. The molecule has 2 aromatic rings. The Morgan fingerprint density at radius 1 is 1.25 bits per heavy atom. The third-order valence-electron chi connectivity index (χ3n) is 3.13. The molecule has 0 unspecified atom stereocenters. The molecule has 0 amide bonds. The number of halogens is 4. The molecule has 0 bridgehead atoms. The molecule has 0 aliphatic rings. The van der Waals surface area contributed by atoms with Crippen LogP contribution in [0.1, 0.15) is 18.1 Å². The fourth-order valence-corrected chi connectivity index (χ4v) is 2.18. The zero-order valence-corrected chi connectivity index (χ0v) is 13.0. The lowest BCUT2D eigenvalue weighted by Gasteiger charge is -2.09. The van der Waals surface area contributed by atoms with Crippen molar-refractivity contribution in [3.8, 4) is 0 Å². The summed E-state index contributed by atoms with van der Waals surface area (Å²) < 4.78 is 38.0. The van der Waals surface area contributed by atoms with Gasteiger partial charge in [0.05, 0.1) is 16.2 Å². The molecule has 0 radical (unpaired) electrons. The van der Waals surface area contributed by atoms with E-state index in [1.807, 2.05) is 0 Å². The third kappa shape index (κ3) is 4.02. The van der Waals surface area contributed by atoms with Gasteiger partial charge in [0.1, 0.15) is 5.69 Å². The molecular weight excluding hydrogens is 347 g/mol. The highest BCUT2D eigenvalue weighted by Gasteiger charge is 2.33. The Hall–Kier alpha value is -2.61. The number of alkyl halides is 3. The Kier molecular flexibility index (Phi) is 5.08. The maximum atomic E-state index is 12.7. The number of rotatable bonds is 4. The molecule has 0 fully saturated rings. The number of hydrazone groups is 1. The molecular formula is C15H11ClF3N3O2. The van der Waals surface area contributed by atoms with Crippen molar-refractivity contribution in [3.63, 3.8) is 0 Å². The van der Waals surface area contributed by atoms with E-state index in [2.05, 4.69) is 10.5 Å². The zero-order valence-electron chi connectivity index (χ0n) is 12.3. The van der Waals surface area contributed by atoms with Crippen LogP contribution in [-0.4, -0.2) is 10.6 Å². The fraction of sp³-hybridized carbons (Fsp3) is 0.133. The van der Waals surface area contributed by atoms with Crippen LogP contribution in [0.25, 0.3) is 0 Å². The van der Waals surface area contributed by atoms with Crippen LogP contribution in [0, 0.1) is 10.1 Å². The van der Waals surface area contributed by atoms with Gasteiger partial charge >= 0.3 is 6.18 Å². The van der Waals surface area contributed by atoms with Gasteiger partial charge < -0.3 is 0 Å². The summed E-state index contributed by atoms with van der Waals surface area (Å²) in [5.74, 6) is 0. The van der Waals surface area contributed by atoms with Gasteiger partial charge in [0.15, 0.2) is 0 Å². The molecule has 2 rings (SSSR count). The van der Waals surface area contributed by atoms with Gasteiger partial charge in [0, 0.05) is 16.7 Å². The third-order valence-corrected chi connectivity index (χ3v) is 3.46. The Bertz CT molecular complexity index is 807. The van der Waals surface area contributed by atoms with E-state index < -0.39 is 22.4 Å². The lowest BCUT2D eigenvalue weighted by molar-refractivity contribution is -0.384. The van der Waals surface area contributed by atoms with Crippen molar-refractivity contribution in [1.82, 2.24) is 0 Å². The van der Waals surface area contributed by atoms with E-state index in [4.69, 9.17) is 11.6 Å². The normalized spacial score (nSPS) is 12.1. The van der Waals surface area contributed by atoms with Gasteiger partial charge in [-0.05, 0) is 25.1 Å². The van der Waals surface area contributed by atoms with Crippen LogP contribution >= 0.6 is 11.6 Å². The monoisotopic (exact) mass is 357 g/mol. The highest BCUT2D eigenvalue weighted by atomic mass is 35.5. The van der Waals surface area contributed by atoms with Gasteiger partial charge in [-0.15, -0.1) is 0 Å². The summed E-state index contributed by atoms with van der Waals surface area (Å²) in [5, 5.41) is 15.4. The quantitative estimate of drug-likeness (QED) is 0.470. The van der Waals surface area contributed by atoms with E-state index in [0.29, 0.717) is 22.4 Å². The predicted molar refractivity (Wildman–Crippen MR) is 85.4 cm³/mol. The van der Waals surface area contributed by atoms with E-state index >= 15 is 0 Å². The summed E-state index contributed by atoms with van der Waals surface area (Å²) in [6.07, 6.45) is -4.67. The number of benzene rings is 2. The smallest absolute Gasteiger partial charge is 0.271 e. The molecule has 126 valence electrons. The standard InChI is InChI=1S/C15H11ClF3N3O2/c1-9(11-4-2-3-5-12(11)16)20-21-13-7-6-10(15(17,18)19)8-14(13)22(23)24/h2-8,21H,1H3/b20-9+. The number of anilines is 1. The number of nitro benzene ring substituents is 1. The first-order valence-electron chi connectivity index (χ1n) is 6.61. The summed E-state index contributed by atoms with van der Waals surface area (Å²) in [7, 11) is 0. The van der Waals surface area contributed by atoms with E-state index in [1.54, 1.807) is 31.2 Å². The minimum atomic E-state index is -4.67. The van der Waals surface area contributed by atoms with Crippen LogP contribution in [-0.2, 0) is 6.18 Å². The Morgan fingerprint density at radius 3 is 2.50 bits per heavy atom. The van der Waals surface area contributed by atoms with Gasteiger partial charge in [0.25, 0.3) is 5.69 Å². The average Bonchev–Trinajstić information content (AvgIpc) is 2.51. The van der Waals surface area contributed by atoms with Crippen molar-refractivity contribution in [1.29, 1.82) is 0 Å². The Labute approximate surface area is 139 Å². The lowest BCUT2D eigenvalue weighted by atomic mass is 10.1. The van der Waals surface area contributed by atoms with Gasteiger partial charge in [-0.3, -0.25) is 15.5 Å². The molecule has 0 saturated heterocycles. The number of hydrogen-bond acceptors (Lipinski definition) is 4. The summed E-state index contributed by atoms with van der Waals surface area (Å²) in [6, 6.07) is 8.98. The van der Waals surface area contributed by atoms with Crippen LogP contribution in [0.3, 0.4) is 0 Å². The van der Waals surface area contributed by atoms with Crippen molar-refractivity contribution in [3.05, 3.63) is 68.7 Å². The topological polar surface area (TPSA) is 67.5 Å². The highest BCUT2D eigenvalue weighted by Crippen LogP contribution is 2.35. The Morgan fingerprint density at radius 2 is 1.92 bits per heavy atom. The molecule has 0 aliphatic heterocycles. The number of nitro groups is 1. The van der Waals surface area contributed by atoms with Crippen LogP contribution in [0.5, 0.6) is 0 Å². The van der Waals surface area contributed by atoms with Crippen LogP contribution in [0.2, 0.25) is 5.02 Å². The summed E-state index contributed by atoms with van der Waals surface area (Å²) in [4.78, 5) is 10.1. The van der Waals surface area contributed by atoms with Crippen LogP contribution in [0.4, 0.5) is 24.5 Å². The van der Waals surface area contributed by atoms with Crippen molar-refractivity contribution >= 4 is 28.7 Å². The first-order chi connectivity index (χ1) is 11.2. The second-order valence-electron chi connectivity index (χ2n) is 4.78. The van der Waals surface area contributed by atoms with Gasteiger partial charge in [-0.25, -0.2) is 0 Å². The van der Waals surface area contributed by atoms with Crippen molar-refractivity contribution in [2.24, 2.45) is 5.10 Å². The van der Waals surface area contributed by atoms with Crippen molar-refractivity contribution in [2.75, 3.05) is 5.43 Å². The maximum Gasteiger partial charge on any atom is 0.416 e. The van der Waals surface area contributed by atoms with Crippen molar-refractivity contribution < 1.29 is 18.1 Å². The molecule has 0 aromatic heterocycles. The van der Waals surface area contributed by atoms with Gasteiger partial charge in [-0.1, -0.05) is 29.8 Å². The maximum absolute atomic E-state index is 12.7. The van der Waals surface area contributed by atoms with E-state index in [1.165, 1.54) is 0 Å². The molecule has 0 spiro atoms. The van der Waals surface area contributed by atoms with E-state index in [-0.39, 0.29) is 5.69 Å². The number of nitrogens with one attached hydrogen (secondary N) is 1. The molecule has 1 N–H and O–H groups in total. The number of nitrogens with zero attached hydrogens (tertiary/aromatic N) is 2. The minimum absolute atomic E-state index is 0.153. The van der Waals surface area contributed by atoms with Crippen molar-refractivity contribution in [2.45, 2.75) is 13.1 Å². The minimum Gasteiger partial charge on any atom is -0.271 e. The molecule has 24 heavy (non-hydrogen) atoms. The average molecular weight is 358 g/mol. The molecule has 0 saturated carbocycles. The number of hydrogen-bond donors (Lipinski definition) is 1. The fourth-order valence-electron chi connectivity index (χ4n) is 1.91. The summed E-state index contributed by atoms with van der Waals surface area (Å²) in [6.45, 7) is 1.62. The van der Waals surface area contributed by atoms with E-state index in [0.717, 1.165) is 12.1 Å². The van der Waals surface area contributed by atoms with Gasteiger partial charge in [-0.2, -0.15) is 18.3 Å². The van der Waals surface area contributed by atoms with E-state index in [9.17, 15) is 23.3 Å². The SMILES string of the molecule is C/C(=N\Nc1ccc(C(F)(F)F)cc1[N+](=O)[O-])c1ccccc1Cl. The largest absolute Gasteiger partial charge is 0.416 e. The second-order valence-corrected chi connectivity index (χ2v) is 5.18. The molecule has 0 heterocycles. The van der Waals surface area contributed by atoms with Crippen LogP contribution < -0.4 is 5.43 Å². The lowest BCUT2D eigenvalue weighted by Crippen LogP contribution is -2.07. The molecule has 0 aliphatic carbocycles. The summed E-state index contributed by atoms with van der Waals surface area (Å²) in [5.41, 5.74) is 1.46. The van der Waals surface area contributed by atoms with Gasteiger partial charge in [0.2, 0.25) is 0 Å². The first-order valence-corrected chi connectivity index (χ1v) is 6.99. The Balaban J connectivity index is 2.34. The molecule has 5 nitrogen and oxygen atoms in total. The molecule has 0 atom stereocenters. The highest BCUT2D eigenvalue weighted by molar-refractivity contribution is 6.34.